The number of rotatable bonds is 7. The van der Waals surface area contributed by atoms with Crippen molar-refractivity contribution in [2.75, 3.05) is 60.5 Å². The maximum Gasteiger partial charge on any atom is 0.254 e. The number of methoxy groups -OCH3 is 2. The molecule has 0 bridgehead atoms. The van der Waals surface area contributed by atoms with E-state index in [0.717, 1.165) is 47.2 Å². The van der Waals surface area contributed by atoms with Crippen LogP contribution in [0.15, 0.2) is 59.5 Å². The fraction of sp³-hybridized carbons (Fsp3) is 0.375. The molecule has 0 aromatic heterocycles. The Morgan fingerprint density at radius 3 is 2.31 bits per heavy atom. The third-order valence-electron chi connectivity index (χ3n) is 8.43. The van der Waals surface area contributed by atoms with Gasteiger partial charge in [0.2, 0.25) is 12.7 Å². The van der Waals surface area contributed by atoms with Crippen LogP contribution < -0.4 is 18.9 Å². The number of carbonyl (C=O) groups is 2. The van der Waals surface area contributed by atoms with Gasteiger partial charge in [0.15, 0.2) is 23.0 Å². The van der Waals surface area contributed by atoms with Crippen molar-refractivity contribution >= 4 is 23.6 Å². The molecule has 3 heterocycles. The first-order valence-corrected chi connectivity index (χ1v) is 15.2. The van der Waals surface area contributed by atoms with E-state index in [1.807, 2.05) is 47.6 Å². The van der Waals surface area contributed by atoms with E-state index < -0.39 is 12.0 Å². The molecule has 3 aromatic rings. The Balaban J connectivity index is 1.29. The van der Waals surface area contributed by atoms with Crippen LogP contribution in [0.4, 0.5) is 0 Å². The Kier molecular flexibility index (Phi) is 7.92. The summed E-state index contributed by atoms with van der Waals surface area (Å²) >= 11 is 1.66. The molecular formula is C32H35N3O6S. The summed E-state index contributed by atoms with van der Waals surface area (Å²) in [6.07, 6.45) is 2.03. The molecule has 0 spiro atoms. The van der Waals surface area contributed by atoms with Crippen LogP contribution in [0.2, 0.25) is 0 Å². The second-order valence-electron chi connectivity index (χ2n) is 10.7. The van der Waals surface area contributed by atoms with E-state index in [0.29, 0.717) is 35.7 Å². The van der Waals surface area contributed by atoms with Gasteiger partial charge < -0.3 is 28.7 Å². The molecular weight excluding hydrogens is 554 g/mol. The van der Waals surface area contributed by atoms with Gasteiger partial charge in [-0.3, -0.25) is 14.5 Å². The van der Waals surface area contributed by atoms with Crippen molar-refractivity contribution in [2.45, 2.75) is 23.4 Å². The molecule has 10 heteroatoms. The van der Waals surface area contributed by atoms with Gasteiger partial charge in [-0.25, -0.2) is 0 Å². The van der Waals surface area contributed by atoms with E-state index in [1.165, 1.54) is 0 Å². The highest BCUT2D eigenvalue weighted by molar-refractivity contribution is 7.98. The molecule has 3 aromatic carbocycles. The van der Waals surface area contributed by atoms with Crippen LogP contribution in [0.5, 0.6) is 23.0 Å². The summed E-state index contributed by atoms with van der Waals surface area (Å²) in [5.74, 6) is 1.77. The summed E-state index contributed by atoms with van der Waals surface area (Å²) in [6, 6.07) is 17.2. The largest absolute Gasteiger partial charge is 0.493 e. The SMILES string of the molecule is COc1cc2c(cc1OC)[C@H](C(=O)N1CCN(Cc3ccc4c(c3)OCO4)CC1)[C@H](c1ccc(SC)cc1)N(C)C2=O. The predicted molar refractivity (Wildman–Crippen MR) is 160 cm³/mol. The Morgan fingerprint density at radius 1 is 0.929 bits per heavy atom. The number of thioether (sulfide) groups is 1. The average molecular weight is 590 g/mol. The smallest absolute Gasteiger partial charge is 0.254 e. The molecule has 0 unspecified atom stereocenters. The molecule has 1 fully saturated rings. The average Bonchev–Trinajstić information content (AvgIpc) is 3.50. The second-order valence-corrected chi connectivity index (χ2v) is 11.6. The zero-order valence-corrected chi connectivity index (χ0v) is 25.1. The minimum absolute atomic E-state index is 0.00416. The quantitative estimate of drug-likeness (QED) is 0.375. The molecule has 0 N–H and O–H groups in total. The van der Waals surface area contributed by atoms with Gasteiger partial charge in [0, 0.05) is 50.2 Å². The number of likely N-dealkylation sites (N-methyl/N-ethyl adjacent to an activating group) is 1. The van der Waals surface area contributed by atoms with Gasteiger partial charge in [-0.05, 0) is 59.3 Å². The number of fused-ring (bicyclic) bond motifs is 2. The zero-order chi connectivity index (χ0) is 29.4. The second kappa shape index (κ2) is 11.8. The Hall–Kier alpha value is -3.89. The van der Waals surface area contributed by atoms with Crippen LogP contribution in [0.1, 0.15) is 39.0 Å². The molecule has 6 rings (SSSR count). The highest BCUT2D eigenvalue weighted by atomic mass is 32.2. The summed E-state index contributed by atoms with van der Waals surface area (Å²) < 4.78 is 22.1. The third kappa shape index (κ3) is 5.13. The molecule has 0 radical (unpaired) electrons. The van der Waals surface area contributed by atoms with Crippen LogP contribution in [-0.2, 0) is 11.3 Å². The van der Waals surface area contributed by atoms with Crippen molar-refractivity contribution in [3.63, 3.8) is 0 Å². The number of piperazine rings is 1. The highest BCUT2D eigenvalue weighted by Crippen LogP contribution is 2.46. The van der Waals surface area contributed by atoms with E-state index in [-0.39, 0.29) is 18.6 Å². The molecule has 0 aliphatic carbocycles. The maximum atomic E-state index is 14.5. The summed E-state index contributed by atoms with van der Waals surface area (Å²) in [4.78, 5) is 35.3. The van der Waals surface area contributed by atoms with Crippen LogP contribution in [0, 0.1) is 0 Å². The molecule has 1 saturated heterocycles. The van der Waals surface area contributed by atoms with Crippen molar-refractivity contribution in [1.82, 2.24) is 14.7 Å². The summed E-state index contributed by atoms with van der Waals surface area (Å²) in [7, 11) is 4.89. The first-order chi connectivity index (χ1) is 20.4. The standard InChI is InChI=1S/C32H35N3O6S/c1-33-30(21-6-8-22(42-4)9-7-21)29(23-16-26(38-2)27(39-3)17-24(23)31(33)36)32(37)35-13-11-34(12-14-35)18-20-5-10-25-28(15-20)41-19-40-25/h5-10,15-17,29-30H,11-14,18-19H2,1-4H3/t29-,30-/m0/s1. The number of carbonyl (C=O) groups excluding carboxylic acids is 2. The van der Waals surface area contributed by atoms with Crippen LogP contribution in [0.25, 0.3) is 0 Å². The lowest BCUT2D eigenvalue weighted by Gasteiger charge is -2.43. The molecule has 220 valence electrons. The van der Waals surface area contributed by atoms with Crippen molar-refractivity contribution in [2.24, 2.45) is 0 Å². The molecule has 0 saturated carbocycles. The summed E-state index contributed by atoms with van der Waals surface area (Å²) in [6.45, 7) is 3.70. The van der Waals surface area contributed by atoms with Crippen molar-refractivity contribution in [3.8, 4) is 23.0 Å². The van der Waals surface area contributed by atoms with Crippen LogP contribution >= 0.6 is 11.8 Å². The molecule has 3 aliphatic heterocycles. The van der Waals surface area contributed by atoms with Gasteiger partial charge >= 0.3 is 0 Å². The maximum absolute atomic E-state index is 14.5. The van der Waals surface area contributed by atoms with E-state index >= 15 is 0 Å². The lowest BCUT2D eigenvalue weighted by Crippen LogP contribution is -2.52. The van der Waals surface area contributed by atoms with Gasteiger partial charge in [-0.15, -0.1) is 11.8 Å². The number of hydrogen-bond acceptors (Lipinski definition) is 8. The van der Waals surface area contributed by atoms with E-state index in [2.05, 4.69) is 11.0 Å². The first kappa shape index (κ1) is 28.2. The molecule has 2 atom stereocenters. The van der Waals surface area contributed by atoms with Gasteiger partial charge in [-0.2, -0.15) is 0 Å². The fourth-order valence-corrected chi connectivity index (χ4v) is 6.56. The third-order valence-corrected chi connectivity index (χ3v) is 9.17. The summed E-state index contributed by atoms with van der Waals surface area (Å²) in [5, 5.41) is 0. The number of benzene rings is 3. The fourth-order valence-electron chi connectivity index (χ4n) is 6.15. The van der Waals surface area contributed by atoms with Crippen molar-refractivity contribution in [1.29, 1.82) is 0 Å². The highest BCUT2D eigenvalue weighted by Gasteiger charge is 2.45. The van der Waals surface area contributed by atoms with Gasteiger partial charge in [0.1, 0.15) is 0 Å². The van der Waals surface area contributed by atoms with E-state index in [4.69, 9.17) is 18.9 Å². The normalized spacial score (nSPS) is 20.0. The van der Waals surface area contributed by atoms with Crippen molar-refractivity contribution in [3.05, 3.63) is 76.9 Å². The first-order valence-electron chi connectivity index (χ1n) is 14.0. The van der Waals surface area contributed by atoms with E-state index in [9.17, 15) is 9.59 Å². The van der Waals surface area contributed by atoms with Gasteiger partial charge in [0.25, 0.3) is 5.91 Å². The molecule has 2 amide bonds. The van der Waals surface area contributed by atoms with Gasteiger partial charge in [-0.1, -0.05) is 18.2 Å². The van der Waals surface area contributed by atoms with Gasteiger partial charge in [0.05, 0.1) is 26.2 Å². The monoisotopic (exact) mass is 589 g/mol. The van der Waals surface area contributed by atoms with Crippen LogP contribution in [0.3, 0.4) is 0 Å². The summed E-state index contributed by atoms with van der Waals surface area (Å²) in [5.41, 5.74) is 3.20. The predicted octanol–water partition coefficient (Wildman–Crippen LogP) is 4.41. The topological polar surface area (TPSA) is 80.8 Å². The Morgan fingerprint density at radius 2 is 1.62 bits per heavy atom. The Labute approximate surface area is 250 Å². The van der Waals surface area contributed by atoms with Crippen LogP contribution in [-0.4, -0.2) is 87.0 Å². The Bertz CT molecular complexity index is 1490. The number of nitrogens with zero attached hydrogens (tertiary/aromatic N) is 3. The molecule has 3 aliphatic rings. The number of amides is 2. The minimum Gasteiger partial charge on any atom is -0.493 e. The molecule has 42 heavy (non-hydrogen) atoms. The number of hydrogen-bond donors (Lipinski definition) is 0. The number of ether oxygens (including phenoxy) is 4. The lowest BCUT2D eigenvalue weighted by molar-refractivity contribution is -0.136. The minimum atomic E-state index is -0.594. The van der Waals surface area contributed by atoms with Crippen molar-refractivity contribution < 1.29 is 28.5 Å². The lowest BCUT2D eigenvalue weighted by atomic mass is 9.78. The molecule has 9 nitrogen and oxygen atoms in total. The zero-order valence-electron chi connectivity index (χ0n) is 24.3. The van der Waals surface area contributed by atoms with E-state index in [1.54, 1.807) is 50.1 Å².